The molecule has 0 bridgehead atoms. The number of furan rings is 1. The Balaban J connectivity index is 1.80. The summed E-state index contributed by atoms with van der Waals surface area (Å²) in [6, 6.07) is 2.75. The molecule has 0 saturated carbocycles. The van der Waals surface area contributed by atoms with Crippen LogP contribution in [0.3, 0.4) is 0 Å². The third kappa shape index (κ3) is 3.26. The van der Waals surface area contributed by atoms with Crippen LogP contribution in [0.2, 0.25) is 0 Å². The molecule has 1 aromatic carbocycles. The first-order valence-corrected chi connectivity index (χ1v) is 9.64. The summed E-state index contributed by atoms with van der Waals surface area (Å²) in [5.41, 5.74) is 1.32. The minimum atomic E-state index is -0.455. The van der Waals surface area contributed by atoms with Crippen molar-refractivity contribution < 1.29 is 23.1 Å². The van der Waals surface area contributed by atoms with Gasteiger partial charge in [-0.1, -0.05) is 11.6 Å². The van der Waals surface area contributed by atoms with Crippen molar-refractivity contribution in [2.45, 2.75) is 38.6 Å². The first-order chi connectivity index (χ1) is 14.0. The van der Waals surface area contributed by atoms with Gasteiger partial charge in [0.2, 0.25) is 5.75 Å². The van der Waals surface area contributed by atoms with Crippen LogP contribution in [0.5, 0.6) is 11.5 Å². The zero-order valence-corrected chi connectivity index (χ0v) is 16.7. The molecule has 1 unspecified atom stereocenters. The van der Waals surface area contributed by atoms with Gasteiger partial charge >= 0.3 is 0 Å². The monoisotopic (exact) mass is 397 g/mol. The maximum absolute atomic E-state index is 12.9. The van der Waals surface area contributed by atoms with Crippen LogP contribution in [-0.4, -0.2) is 26.2 Å². The highest BCUT2D eigenvalue weighted by molar-refractivity contribution is 6.07. The molecule has 0 radical (unpaired) electrons. The molecule has 4 rings (SSSR count). The lowest BCUT2D eigenvalue weighted by Gasteiger charge is -2.20. The number of carbonyl (C=O) groups excluding carboxylic acids is 1. The van der Waals surface area contributed by atoms with Gasteiger partial charge in [-0.2, -0.15) is 0 Å². The molecule has 0 saturated heterocycles. The first-order valence-electron chi connectivity index (χ1n) is 9.64. The van der Waals surface area contributed by atoms with E-state index in [1.807, 2.05) is 6.92 Å². The highest BCUT2D eigenvalue weighted by Crippen LogP contribution is 2.41. The van der Waals surface area contributed by atoms with Crippen LogP contribution in [0.25, 0.3) is 21.9 Å². The first kappa shape index (κ1) is 19.1. The van der Waals surface area contributed by atoms with Crippen LogP contribution in [-0.2, 0) is 0 Å². The standard InChI is InChI=1S/C22H23NO6/c1-12(13-7-5-4-6-8-13)23-22(25)16-11-15(24)17-18(26-2)14-9-10-28-19(14)21(27-3)20(17)29-16/h7,9-12H,4-6,8H2,1-3H3,(H,23,25). The van der Waals surface area contributed by atoms with Gasteiger partial charge in [-0.25, -0.2) is 0 Å². The zero-order valence-electron chi connectivity index (χ0n) is 16.7. The van der Waals surface area contributed by atoms with Crippen LogP contribution in [0.1, 0.15) is 43.2 Å². The van der Waals surface area contributed by atoms with E-state index in [0.29, 0.717) is 16.7 Å². The average molecular weight is 397 g/mol. The van der Waals surface area contributed by atoms with Crippen LogP contribution < -0.4 is 20.2 Å². The number of hydrogen-bond donors (Lipinski definition) is 1. The summed E-state index contributed by atoms with van der Waals surface area (Å²) >= 11 is 0. The van der Waals surface area contributed by atoms with E-state index in [0.717, 1.165) is 19.3 Å². The van der Waals surface area contributed by atoms with E-state index in [9.17, 15) is 9.59 Å². The Kier molecular flexibility index (Phi) is 5.05. The summed E-state index contributed by atoms with van der Waals surface area (Å²) in [7, 11) is 2.92. The van der Waals surface area contributed by atoms with Crippen molar-refractivity contribution in [3.63, 3.8) is 0 Å². The summed E-state index contributed by atoms with van der Waals surface area (Å²) in [6.07, 6.45) is 7.93. The van der Waals surface area contributed by atoms with E-state index in [1.54, 1.807) is 6.07 Å². The predicted octanol–water partition coefficient (Wildman–Crippen LogP) is 4.18. The number of nitrogens with one attached hydrogen (secondary N) is 1. The third-order valence-electron chi connectivity index (χ3n) is 5.36. The Hall–Kier alpha value is -3.22. The summed E-state index contributed by atoms with van der Waals surface area (Å²) in [4.78, 5) is 25.7. The molecule has 1 amide bonds. The quantitative estimate of drug-likeness (QED) is 0.650. The largest absolute Gasteiger partial charge is 0.495 e. The van der Waals surface area contributed by atoms with Gasteiger partial charge in [-0.15, -0.1) is 0 Å². The number of amides is 1. The van der Waals surface area contributed by atoms with Crippen LogP contribution in [0.15, 0.2) is 43.7 Å². The van der Waals surface area contributed by atoms with E-state index in [-0.39, 0.29) is 33.9 Å². The van der Waals surface area contributed by atoms with Crippen LogP contribution >= 0.6 is 0 Å². The number of allylic oxidation sites excluding steroid dienone is 1. The van der Waals surface area contributed by atoms with Crippen molar-refractivity contribution in [1.29, 1.82) is 0 Å². The van der Waals surface area contributed by atoms with Gasteiger partial charge in [-0.3, -0.25) is 9.59 Å². The Morgan fingerprint density at radius 1 is 1.17 bits per heavy atom. The fourth-order valence-electron chi connectivity index (χ4n) is 3.90. The minimum absolute atomic E-state index is 0.0861. The summed E-state index contributed by atoms with van der Waals surface area (Å²) in [5, 5.41) is 3.72. The second kappa shape index (κ2) is 7.66. The lowest BCUT2D eigenvalue weighted by Crippen LogP contribution is -2.34. The van der Waals surface area contributed by atoms with E-state index >= 15 is 0 Å². The molecule has 29 heavy (non-hydrogen) atoms. The lowest BCUT2D eigenvalue weighted by molar-refractivity contribution is 0.0917. The van der Waals surface area contributed by atoms with Gasteiger partial charge in [-0.05, 0) is 38.7 Å². The number of benzene rings is 1. The van der Waals surface area contributed by atoms with Gasteiger partial charge in [0, 0.05) is 12.1 Å². The SMILES string of the molecule is COc1c2occc2c(OC)c2c(=O)cc(C(=O)NC(C)C3=CCCCC3)oc12. The Labute approximate surface area is 167 Å². The van der Waals surface area contributed by atoms with Crippen molar-refractivity contribution in [2.75, 3.05) is 14.2 Å². The minimum Gasteiger partial charge on any atom is -0.495 e. The van der Waals surface area contributed by atoms with Gasteiger partial charge in [0.15, 0.2) is 22.4 Å². The second-order valence-electron chi connectivity index (χ2n) is 7.13. The molecule has 7 nitrogen and oxygen atoms in total. The van der Waals surface area contributed by atoms with Crippen LogP contribution in [0, 0.1) is 0 Å². The molecule has 0 fully saturated rings. The van der Waals surface area contributed by atoms with E-state index < -0.39 is 5.91 Å². The fourth-order valence-corrected chi connectivity index (χ4v) is 3.90. The maximum atomic E-state index is 12.9. The molecule has 1 aliphatic carbocycles. The maximum Gasteiger partial charge on any atom is 0.287 e. The molecule has 1 N–H and O–H groups in total. The molecule has 0 spiro atoms. The number of fused-ring (bicyclic) bond motifs is 2. The molecular weight excluding hydrogens is 374 g/mol. The summed E-state index contributed by atoms with van der Waals surface area (Å²) in [5.74, 6) is 0.0297. The average Bonchev–Trinajstić information content (AvgIpc) is 3.21. The molecule has 0 aliphatic heterocycles. The topological polar surface area (TPSA) is 90.9 Å². The van der Waals surface area contributed by atoms with Crippen molar-refractivity contribution >= 4 is 27.8 Å². The number of rotatable bonds is 5. The van der Waals surface area contributed by atoms with Gasteiger partial charge in [0.25, 0.3) is 5.91 Å². The summed E-state index contributed by atoms with van der Waals surface area (Å²) in [6.45, 7) is 1.93. The predicted molar refractivity (Wildman–Crippen MR) is 109 cm³/mol. The van der Waals surface area contributed by atoms with Gasteiger partial charge < -0.3 is 23.6 Å². The number of methoxy groups -OCH3 is 2. The smallest absolute Gasteiger partial charge is 0.287 e. The molecule has 7 heteroatoms. The molecule has 3 aromatic rings. The van der Waals surface area contributed by atoms with Crippen molar-refractivity contribution in [2.24, 2.45) is 0 Å². The number of carbonyl (C=O) groups is 1. The zero-order chi connectivity index (χ0) is 20.5. The van der Waals surface area contributed by atoms with Gasteiger partial charge in [0.05, 0.1) is 25.9 Å². The fraction of sp³-hybridized carbons (Fsp3) is 0.364. The molecule has 1 atom stereocenters. The number of ether oxygens (including phenoxy) is 2. The Morgan fingerprint density at radius 3 is 2.66 bits per heavy atom. The Morgan fingerprint density at radius 2 is 1.97 bits per heavy atom. The normalized spacial score (nSPS) is 15.2. The summed E-state index contributed by atoms with van der Waals surface area (Å²) < 4.78 is 22.2. The van der Waals surface area contributed by atoms with E-state index in [4.69, 9.17) is 18.3 Å². The second-order valence-corrected chi connectivity index (χ2v) is 7.13. The van der Waals surface area contributed by atoms with Gasteiger partial charge in [0.1, 0.15) is 11.1 Å². The number of hydrogen-bond acceptors (Lipinski definition) is 6. The van der Waals surface area contributed by atoms with E-state index in [2.05, 4.69) is 11.4 Å². The molecular formula is C22H23NO6. The van der Waals surface area contributed by atoms with Crippen molar-refractivity contribution in [3.8, 4) is 11.5 Å². The molecule has 2 aromatic heterocycles. The van der Waals surface area contributed by atoms with E-state index in [1.165, 1.54) is 38.5 Å². The van der Waals surface area contributed by atoms with Crippen LogP contribution in [0.4, 0.5) is 0 Å². The Bertz CT molecular complexity index is 1170. The van der Waals surface area contributed by atoms with Crippen molar-refractivity contribution in [3.05, 3.63) is 46.0 Å². The highest BCUT2D eigenvalue weighted by Gasteiger charge is 2.25. The highest BCUT2D eigenvalue weighted by atomic mass is 16.5. The van der Waals surface area contributed by atoms with Crippen molar-refractivity contribution in [1.82, 2.24) is 5.32 Å². The third-order valence-corrected chi connectivity index (χ3v) is 5.36. The lowest BCUT2D eigenvalue weighted by atomic mass is 9.95. The molecule has 2 heterocycles. The molecule has 152 valence electrons. The molecule has 1 aliphatic rings.